The van der Waals surface area contributed by atoms with Gasteiger partial charge in [-0.3, -0.25) is 4.98 Å². The molecule has 0 aliphatic heterocycles. The summed E-state index contributed by atoms with van der Waals surface area (Å²) in [5, 5.41) is 2.20. The molecule has 3 rings (SSSR count). The standard InChI is InChI=1S/C15H17BrN2O/c16-13-9-18-8-10-2-1-3-14(15(10)13)19-12-6-4-11(17)5-7-12/h1-3,8-9,11-12H,4-7,17H2/t11-,12-. The van der Waals surface area contributed by atoms with Gasteiger partial charge in [-0.05, 0) is 47.7 Å². The Morgan fingerprint density at radius 3 is 2.74 bits per heavy atom. The molecule has 0 bridgehead atoms. The number of halogens is 1. The summed E-state index contributed by atoms with van der Waals surface area (Å²) in [6, 6.07) is 6.45. The van der Waals surface area contributed by atoms with Gasteiger partial charge in [0.15, 0.2) is 0 Å². The molecule has 0 atom stereocenters. The molecule has 19 heavy (non-hydrogen) atoms. The highest BCUT2D eigenvalue weighted by Gasteiger charge is 2.20. The molecule has 1 aromatic heterocycles. The van der Waals surface area contributed by atoms with Crippen LogP contribution in [0.2, 0.25) is 0 Å². The molecule has 1 aliphatic rings. The highest BCUT2D eigenvalue weighted by atomic mass is 79.9. The smallest absolute Gasteiger partial charge is 0.128 e. The summed E-state index contributed by atoms with van der Waals surface area (Å²) < 4.78 is 7.16. The number of rotatable bonds is 2. The van der Waals surface area contributed by atoms with E-state index in [-0.39, 0.29) is 6.10 Å². The Hall–Kier alpha value is -1.13. The summed E-state index contributed by atoms with van der Waals surface area (Å²) in [6.45, 7) is 0. The third kappa shape index (κ3) is 2.74. The minimum absolute atomic E-state index is 0.283. The van der Waals surface area contributed by atoms with Gasteiger partial charge in [0, 0.05) is 33.7 Å². The van der Waals surface area contributed by atoms with Crippen LogP contribution >= 0.6 is 15.9 Å². The van der Waals surface area contributed by atoms with Crippen molar-refractivity contribution < 1.29 is 4.74 Å². The molecule has 3 nitrogen and oxygen atoms in total. The molecule has 0 saturated heterocycles. The largest absolute Gasteiger partial charge is 0.490 e. The van der Waals surface area contributed by atoms with Gasteiger partial charge < -0.3 is 10.5 Å². The number of nitrogens with zero attached hydrogens (tertiary/aromatic N) is 1. The molecule has 0 radical (unpaired) electrons. The van der Waals surface area contributed by atoms with Gasteiger partial charge in [0.05, 0.1) is 6.10 Å². The maximum absolute atomic E-state index is 6.18. The normalized spacial score (nSPS) is 23.5. The second-order valence-electron chi connectivity index (χ2n) is 5.13. The van der Waals surface area contributed by atoms with Crippen LogP contribution < -0.4 is 10.5 Å². The van der Waals surface area contributed by atoms with Crippen LogP contribution in [-0.2, 0) is 0 Å². The van der Waals surface area contributed by atoms with E-state index in [2.05, 4.69) is 27.0 Å². The van der Waals surface area contributed by atoms with Crippen molar-refractivity contribution in [2.45, 2.75) is 37.8 Å². The molecule has 1 saturated carbocycles. The third-order valence-electron chi connectivity index (χ3n) is 3.71. The summed E-state index contributed by atoms with van der Waals surface area (Å²) in [6.07, 6.45) is 8.15. The molecule has 2 aromatic rings. The van der Waals surface area contributed by atoms with E-state index in [4.69, 9.17) is 10.5 Å². The first-order chi connectivity index (χ1) is 9.24. The van der Waals surface area contributed by atoms with Crippen LogP contribution in [0.25, 0.3) is 10.8 Å². The maximum atomic E-state index is 6.18. The zero-order chi connectivity index (χ0) is 13.2. The quantitative estimate of drug-likeness (QED) is 0.918. The zero-order valence-corrected chi connectivity index (χ0v) is 12.3. The molecule has 1 aromatic carbocycles. The van der Waals surface area contributed by atoms with Crippen LogP contribution in [-0.4, -0.2) is 17.1 Å². The van der Waals surface area contributed by atoms with E-state index in [0.29, 0.717) is 6.04 Å². The fourth-order valence-electron chi connectivity index (χ4n) is 2.64. The number of benzene rings is 1. The lowest BCUT2D eigenvalue weighted by Crippen LogP contribution is -2.31. The molecule has 100 valence electrons. The monoisotopic (exact) mass is 320 g/mol. The molecule has 2 N–H and O–H groups in total. The van der Waals surface area contributed by atoms with Crippen molar-refractivity contribution in [2.24, 2.45) is 5.73 Å². The van der Waals surface area contributed by atoms with Gasteiger partial charge in [-0.25, -0.2) is 0 Å². The Morgan fingerprint density at radius 2 is 1.95 bits per heavy atom. The lowest BCUT2D eigenvalue weighted by atomic mass is 9.93. The summed E-state index contributed by atoms with van der Waals surface area (Å²) in [5.41, 5.74) is 5.93. The molecule has 1 heterocycles. The molecule has 0 amide bonds. The molecule has 4 heteroatoms. The van der Waals surface area contributed by atoms with Gasteiger partial charge in [-0.1, -0.05) is 12.1 Å². The van der Waals surface area contributed by atoms with E-state index in [9.17, 15) is 0 Å². The van der Waals surface area contributed by atoms with E-state index >= 15 is 0 Å². The van der Waals surface area contributed by atoms with Crippen molar-refractivity contribution in [3.63, 3.8) is 0 Å². The van der Waals surface area contributed by atoms with Crippen LogP contribution in [0.3, 0.4) is 0 Å². The second kappa shape index (κ2) is 5.47. The predicted octanol–water partition coefficient (Wildman–Crippen LogP) is 3.65. The summed E-state index contributed by atoms with van der Waals surface area (Å²) >= 11 is 3.56. The van der Waals surface area contributed by atoms with Crippen molar-refractivity contribution >= 4 is 26.7 Å². The average Bonchev–Trinajstić information content (AvgIpc) is 2.42. The molecule has 0 unspecified atom stereocenters. The topological polar surface area (TPSA) is 48.1 Å². The highest BCUT2D eigenvalue weighted by Crippen LogP contribution is 2.33. The number of hydrogen-bond acceptors (Lipinski definition) is 3. The first-order valence-corrected chi connectivity index (χ1v) is 7.48. The van der Waals surface area contributed by atoms with Gasteiger partial charge >= 0.3 is 0 Å². The molecule has 0 spiro atoms. The Morgan fingerprint density at radius 1 is 1.16 bits per heavy atom. The van der Waals surface area contributed by atoms with E-state index in [0.717, 1.165) is 46.7 Å². The average molecular weight is 321 g/mol. The Kier molecular flexibility index (Phi) is 3.71. The van der Waals surface area contributed by atoms with Crippen molar-refractivity contribution in [3.8, 4) is 5.75 Å². The van der Waals surface area contributed by atoms with Crippen molar-refractivity contribution in [2.75, 3.05) is 0 Å². The molecular formula is C15H17BrN2O. The van der Waals surface area contributed by atoms with Crippen molar-refractivity contribution in [1.29, 1.82) is 0 Å². The first-order valence-electron chi connectivity index (χ1n) is 6.68. The van der Waals surface area contributed by atoms with E-state index < -0.39 is 0 Å². The van der Waals surface area contributed by atoms with Crippen LogP contribution in [0.5, 0.6) is 5.75 Å². The summed E-state index contributed by atoms with van der Waals surface area (Å²) in [5.74, 6) is 0.937. The Balaban J connectivity index is 1.88. The zero-order valence-electron chi connectivity index (χ0n) is 10.7. The van der Waals surface area contributed by atoms with E-state index in [1.54, 1.807) is 0 Å². The number of pyridine rings is 1. The lowest BCUT2D eigenvalue weighted by molar-refractivity contribution is 0.149. The van der Waals surface area contributed by atoms with Gasteiger partial charge in [0.1, 0.15) is 5.75 Å². The van der Waals surface area contributed by atoms with Gasteiger partial charge in [-0.2, -0.15) is 0 Å². The number of nitrogens with two attached hydrogens (primary N) is 1. The van der Waals surface area contributed by atoms with Crippen LogP contribution in [0.15, 0.2) is 35.1 Å². The SMILES string of the molecule is N[C@H]1CC[C@H](Oc2cccc3cncc(Br)c23)CC1. The number of aromatic nitrogens is 1. The highest BCUT2D eigenvalue weighted by molar-refractivity contribution is 9.10. The number of fused-ring (bicyclic) bond motifs is 1. The Bertz CT molecular complexity index is 574. The first kappa shape index (κ1) is 12.9. The number of ether oxygens (including phenoxy) is 1. The Labute approximate surface area is 121 Å². The predicted molar refractivity (Wildman–Crippen MR) is 80.3 cm³/mol. The number of hydrogen-bond donors (Lipinski definition) is 1. The van der Waals surface area contributed by atoms with Crippen LogP contribution in [0.4, 0.5) is 0 Å². The van der Waals surface area contributed by atoms with Gasteiger partial charge in [0.2, 0.25) is 0 Å². The fourth-order valence-corrected chi connectivity index (χ4v) is 3.19. The fraction of sp³-hybridized carbons (Fsp3) is 0.400. The minimum Gasteiger partial charge on any atom is -0.490 e. The molecule has 1 fully saturated rings. The van der Waals surface area contributed by atoms with Gasteiger partial charge in [0.25, 0.3) is 0 Å². The van der Waals surface area contributed by atoms with Crippen LogP contribution in [0.1, 0.15) is 25.7 Å². The van der Waals surface area contributed by atoms with E-state index in [1.165, 1.54) is 0 Å². The second-order valence-corrected chi connectivity index (χ2v) is 5.98. The third-order valence-corrected chi connectivity index (χ3v) is 4.31. The van der Waals surface area contributed by atoms with E-state index in [1.807, 2.05) is 24.5 Å². The minimum atomic E-state index is 0.283. The lowest BCUT2D eigenvalue weighted by Gasteiger charge is -2.27. The summed E-state index contributed by atoms with van der Waals surface area (Å²) in [7, 11) is 0. The van der Waals surface area contributed by atoms with Crippen molar-refractivity contribution in [3.05, 3.63) is 35.1 Å². The molecule has 1 aliphatic carbocycles. The molecular weight excluding hydrogens is 304 g/mol. The maximum Gasteiger partial charge on any atom is 0.128 e. The summed E-state index contributed by atoms with van der Waals surface area (Å²) in [4.78, 5) is 4.19. The van der Waals surface area contributed by atoms with Gasteiger partial charge in [-0.15, -0.1) is 0 Å². The van der Waals surface area contributed by atoms with Crippen LogP contribution in [0, 0.1) is 0 Å². The van der Waals surface area contributed by atoms with Crippen molar-refractivity contribution in [1.82, 2.24) is 4.98 Å².